The van der Waals surface area contributed by atoms with Crippen LogP contribution in [0.1, 0.15) is 13.3 Å². The minimum absolute atomic E-state index is 0.0758. The van der Waals surface area contributed by atoms with Gasteiger partial charge in [0.2, 0.25) is 0 Å². The van der Waals surface area contributed by atoms with Crippen molar-refractivity contribution in [1.29, 1.82) is 0 Å². The van der Waals surface area contributed by atoms with E-state index in [4.69, 9.17) is 17.2 Å². The Kier molecular flexibility index (Phi) is 3.11. The fraction of sp³-hybridized carbons (Fsp3) is 0.800. The predicted octanol–water partition coefficient (Wildman–Crippen LogP) is -0.895. The van der Waals surface area contributed by atoms with Gasteiger partial charge in [-0.05, 0) is 6.42 Å². The van der Waals surface area contributed by atoms with E-state index >= 15 is 0 Å². The Morgan fingerprint density at radius 2 is 2.20 bits per heavy atom. The van der Waals surface area contributed by atoms with Crippen LogP contribution >= 0.6 is 0 Å². The highest BCUT2D eigenvalue weighted by Gasteiger charge is 2.23. The van der Waals surface area contributed by atoms with Gasteiger partial charge in [0.1, 0.15) is 0 Å². The number of ether oxygens (including phenoxy) is 1. The Morgan fingerprint density at radius 3 is 2.30 bits per heavy atom. The molecule has 0 aliphatic carbocycles. The van der Waals surface area contributed by atoms with Crippen LogP contribution in [0.5, 0.6) is 0 Å². The zero-order valence-corrected chi connectivity index (χ0v) is 5.96. The summed E-state index contributed by atoms with van der Waals surface area (Å²) in [7, 11) is 0. The number of rotatable bonds is 3. The summed E-state index contributed by atoms with van der Waals surface area (Å²) in [5, 5.41) is 0. The van der Waals surface area contributed by atoms with E-state index in [9.17, 15) is 4.79 Å². The molecule has 1 amide bonds. The molecule has 0 saturated heterocycles. The molecular weight excluding hydrogens is 134 g/mol. The lowest BCUT2D eigenvalue weighted by atomic mass is 10.2. The molecule has 0 aliphatic heterocycles. The molecule has 1 unspecified atom stereocenters. The molecule has 0 spiro atoms. The molecule has 0 aromatic heterocycles. The smallest absolute Gasteiger partial charge is 0.406 e. The second-order valence-electron chi connectivity index (χ2n) is 2.04. The van der Waals surface area contributed by atoms with Crippen LogP contribution in [-0.2, 0) is 4.74 Å². The van der Waals surface area contributed by atoms with Crippen molar-refractivity contribution in [3.05, 3.63) is 0 Å². The van der Waals surface area contributed by atoms with Crippen LogP contribution in [0.4, 0.5) is 4.79 Å². The highest BCUT2D eigenvalue weighted by atomic mass is 16.6. The molecule has 0 heterocycles. The van der Waals surface area contributed by atoms with Crippen molar-refractivity contribution in [3.63, 3.8) is 0 Å². The van der Waals surface area contributed by atoms with Crippen LogP contribution < -0.4 is 17.2 Å². The van der Waals surface area contributed by atoms with E-state index < -0.39 is 11.8 Å². The molecule has 1 atom stereocenters. The molecule has 0 aromatic carbocycles. The summed E-state index contributed by atoms with van der Waals surface area (Å²) in [5.74, 6) is 0. The molecule has 0 radical (unpaired) electrons. The third kappa shape index (κ3) is 2.65. The third-order valence-electron chi connectivity index (χ3n) is 1.25. The van der Waals surface area contributed by atoms with E-state index in [1.54, 1.807) is 6.92 Å². The molecule has 0 fully saturated rings. The Labute approximate surface area is 59.5 Å². The molecule has 5 nitrogen and oxygen atoms in total. The van der Waals surface area contributed by atoms with Crippen molar-refractivity contribution in [2.75, 3.05) is 6.54 Å². The first-order chi connectivity index (χ1) is 4.54. The van der Waals surface area contributed by atoms with Gasteiger partial charge in [-0.25, -0.2) is 4.79 Å². The average Bonchev–Trinajstić information content (AvgIpc) is 1.87. The molecule has 0 aromatic rings. The number of carbonyl (C=O) groups excluding carboxylic acids is 1. The first-order valence-electron chi connectivity index (χ1n) is 3.01. The summed E-state index contributed by atoms with van der Waals surface area (Å²) >= 11 is 0. The van der Waals surface area contributed by atoms with E-state index in [2.05, 4.69) is 4.74 Å². The normalized spacial score (nSPS) is 15.9. The van der Waals surface area contributed by atoms with Gasteiger partial charge in [-0.2, -0.15) is 0 Å². The fourth-order valence-corrected chi connectivity index (χ4v) is 0.459. The number of hydrogen-bond donors (Lipinski definition) is 3. The summed E-state index contributed by atoms with van der Waals surface area (Å²) in [5.41, 5.74) is 14.3. The van der Waals surface area contributed by atoms with Gasteiger partial charge < -0.3 is 16.2 Å². The van der Waals surface area contributed by atoms with Crippen molar-refractivity contribution in [1.82, 2.24) is 0 Å². The number of hydrogen-bond acceptors (Lipinski definition) is 4. The molecule has 0 aliphatic rings. The van der Waals surface area contributed by atoms with Gasteiger partial charge in [0, 0.05) is 6.54 Å². The van der Waals surface area contributed by atoms with Crippen molar-refractivity contribution in [2.24, 2.45) is 17.2 Å². The molecule has 5 heteroatoms. The molecule has 0 saturated carbocycles. The second-order valence-corrected chi connectivity index (χ2v) is 2.04. The Balaban J connectivity index is 3.92. The first kappa shape index (κ1) is 9.19. The maximum absolute atomic E-state index is 10.2. The largest absolute Gasteiger partial charge is 0.427 e. The van der Waals surface area contributed by atoms with Gasteiger partial charge in [-0.15, -0.1) is 0 Å². The SMILES string of the molecule is CCC(N)(CN)OC(N)=O. The molecule has 10 heavy (non-hydrogen) atoms. The van der Waals surface area contributed by atoms with Crippen LogP contribution in [0.3, 0.4) is 0 Å². The molecule has 0 rings (SSSR count). The van der Waals surface area contributed by atoms with Gasteiger partial charge in [0.15, 0.2) is 5.72 Å². The van der Waals surface area contributed by atoms with E-state index in [-0.39, 0.29) is 6.54 Å². The quantitative estimate of drug-likeness (QED) is 0.450. The van der Waals surface area contributed by atoms with Gasteiger partial charge >= 0.3 is 6.09 Å². The Morgan fingerprint density at radius 1 is 1.70 bits per heavy atom. The minimum Gasteiger partial charge on any atom is -0.427 e. The maximum Gasteiger partial charge on any atom is 0.406 e. The lowest BCUT2D eigenvalue weighted by Gasteiger charge is -2.24. The standard InChI is InChI=1S/C5H13N3O2/c1-2-5(8,3-6)10-4(7)9/h2-3,6,8H2,1H3,(H2,7,9). The highest BCUT2D eigenvalue weighted by Crippen LogP contribution is 2.04. The number of carbonyl (C=O) groups is 1. The lowest BCUT2D eigenvalue weighted by Crippen LogP contribution is -2.51. The van der Waals surface area contributed by atoms with Crippen LogP contribution in [0.15, 0.2) is 0 Å². The summed E-state index contributed by atoms with van der Waals surface area (Å²) in [6.45, 7) is 1.84. The van der Waals surface area contributed by atoms with Crippen molar-refractivity contribution in [2.45, 2.75) is 19.1 Å². The van der Waals surface area contributed by atoms with E-state index in [0.29, 0.717) is 6.42 Å². The van der Waals surface area contributed by atoms with Gasteiger partial charge in [-0.3, -0.25) is 5.73 Å². The van der Waals surface area contributed by atoms with Crippen LogP contribution in [-0.4, -0.2) is 18.4 Å². The van der Waals surface area contributed by atoms with Crippen LogP contribution in [0.2, 0.25) is 0 Å². The molecule has 6 N–H and O–H groups in total. The molecule has 60 valence electrons. The second kappa shape index (κ2) is 3.38. The lowest BCUT2D eigenvalue weighted by molar-refractivity contribution is 0.0252. The zero-order chi connectivity index (χ0) is 8.20. The maximum atomic E-state index is 10.2. The van der Waals surface area contributed by atoms with E-state index in [0.717, 1.165) is 0 Å². The summed E-state index contributed by atoms with van der Waals surface area (Å²) in [6, 6.07) is 0. The Hall–Kier alpha value is -0.810. The highest BCUT2D eigenvalue weighted by molar-refractivity contribution is 5.65. The summed E-state index contributed by atoms with van der Waals surface area (Å²) in [6.07, 6.45) is -0.443. The van der Waals surface area contributed by atoms with Crippen molar-refractivity contribution < 1.29 is 9.53 Å². The number of amides is 1. The fourth-order valence-electron chi connectivity index (χ4n) is 0.459. The number of nitrogens with two attached hydrogens (primary N) is 3. The third-order valence-corrected chi connectivity index (χ3v) is 1.25. The van der Waals surface area contributed by atoms with Gasteiger partial charge in [0.05, 0.1) is 0 Å². The first-order valence-corrected chi connectivity index (χ1v) is 3.01. The molecule has 0 bridgehead atoms. The average molecular weight is 147 g/mol. The van der Waals surface area contributed by atoms with Crippen molar-refractivity contribution in [3.8, 4) is 0 Å². The number of primary amides is 1. The summed E-state index contributed by atoms with van der Waals surface area (Å²) in [4.78, 5) is 10.2. The topological polar surface area (TPSA) is 104 Å². The summed E-state index contributed by atoms with van der Waals surface area (Å²) < 4.78 is 4.53. The minimum atomic E-state index is -1.09. The van der Waals surface area contributed by atoms with Gasteiger partial charge in [-0.1, -0.05) is 6.92 Å². The monoisotopic (exact) mass is 147 g/mol. The van der Waals surface area contributed by atoms with Crippen LogP contribution in [0, 0.1) is 0 Å². The Bertz CT molecular complexity index is 122. The van der Waals surface area contributed by atoms with Gasteiger partial charge in [0.25, 0.3) is 0 Å². The van der Waals surface area contributed by atoms with Crippen LogP contribution in [0.25, 0.3) is 0 Å². The van der Waals surface area contributed by atoms with E-state index in [1.165, 1.54) is 0 Å². The zero-order valence-electron chi connectivity index (χ0n) is 5.96. The molecular formula is C5H13N3O2. The predicted molar refractivity (Wildman–Crippen MR) is 36.9 cm³/mol. The van der Waals surface area contributed by atoms with E-state index in [1.807, 2.05) is 0 Å². The van der Waals surface area contributed by atoms with Crippen molar-refractivity contribution >= 4 is 6.09 Å².